The number of hydrogen-bond acceptors (Lipinski definition) is 3. The first kappa shape index (κ1) is 17.3. The molecular formula is C22H23N3O2. The quantitative estimate of drug-likeness (QED) is 0.695. The Kier molecular flexibility index (Phi) is 4.67. The zero-order chi connectivity index (χ0) is 18.8. The van der Waals surface area contributed by atoms with E-state index in [1.165, 1.54) is 11.1 Å². The van der Waals surface area contributed by atoms with Gasteiger partial charge in [-0.2, -0.15) is 0 Å². The second-order valence-electron chi connectivity index (χ2n) is 6.94. The van der Waals surface area contributed by atoms with Crippen molar-refractivity contribution in [1.29, 1.82) is 0 Å². The molecule has 1 unspecified atom stereocenters. The number of carbonyl (C=O) groups is 1. The first-order valence-electron chi connectivity index (χ1n) is 9.17. The van der Waals surface area contributed by atoms with Crippen LogP contribution in [-0.4, -0.2) is 27.4 Å². The molecule has 1 amide bonds. The van der Waals surface area contributed by atoms with Crippen LogP contribution in [0.25, 0.3) is 0 Å². The summed E-state index contributed by atoms with van der Waals surface area (Å²) in [5.74, 6) is 1.62. The summed E-state index contributed by atoms with van der Waals surface area (Å²) >= 11 is 0. The molecule has 5 heteroatoms. The third-order valence-electron chi connectivity index (χ3n) is 5.28. The van der Waals surface area contributed by atoms with Crippen LogP contribution in [-0.2, 0) is 20.1 Å². The van der Waals surface area contributed by atoms with E-state index in [2.05, 4.69) is 23.2 Å². The minimum Gasteiger partial charge on any atom is -0.486 e. The smallest absolute Gasteiger partial charge is 0.254 e. The molecule has 1 aliphatic carbocycles. The summed E-state index contributed by atoms with van der Waals surface area (Å²) in [6.45, 7) is 0.398. The van der Waals surface area contributed by atoms with Crippen molar-refractivity contribution < 1.29 is 9.53 Å². The number of aryl methyl sites for hydroxylation is 2. The maximum Gasteiger partial charge on any atom is 0.254 e. The van der Waals surface area contributed by atoms with Crippen molar-refractivity contribution in [3.05, 3.63) is 83.4 Å². The third-order valence-corrected chi connectivity index (χ3v) is 5.28. The molecule has 0 bridgehead atoms. The van der Waals surface area contributed by atoms with Crippen molar-refractivity contribution in [3.63, 3.8) is 0 Å². The number of aromatic nitrogens is 2. The minimum absolute atomic E-state index is 0.0346. The SMILES string of the molecule is CN(C(=O)c1ccc(OCc2nccn2C)cc1)C1CCc2ccccc21. The molecule has 0 fully saturated rings. The standard InChI is InChI=1S/C22H23N3O2/c1-24-14-13-23-21(24)15-27-18-10-7-17(8-11-18)22(26)25(2)20-12-9-16-5-3-4-6-19(16)20/h3-8,10-11,13-14,20H,9,12,15H2,1-2H3. The van der Waals surface area contributed by atoms with Gasteiger partial charge in [-0.25, -0.2) is 4.98 Å². The highest BCUT2D eigenvalue weighted by molar-refractivity contribution is 5.94. The summed E-state index contributed by atoms with van der Waals surface area (Å²) in [7, 11) is 3.82. The number of fused-ring (bicyclic) bond motifs is 1. The van der Waals surface area contributed by atoms with E-state index in [4.69, 9.17) is 4.74 Å². The van der Waals surface area contributed by atoms with Crippen LogP contribution in [0.3, 0.4) is 0 Å². The lowest BCUT2D eigenvalue weighted by Crippen LogP contribution is -2.30. The van der Waals surface area contributed by atoms with Crippen LogP contribution in [0.4, 0.5) is 0 Å². The Morgan fingerprint density at radius 3 is 2.74 bits per heavy atom. The molecule has 2 aromatic carbocycles. The van der Waals surface area contributed by atoms with Gasteiger partial charge in [-0.3, -0.25) is 4.79 Å². The summed E-state index contributed by atoms with van der Waals surface area (Å²) in [5, 5.41) is 0. The number of rotatable bonds is 5. The maximum absolute atomic E-state index is 12.9. The molecule has 1 heterocycles. The third kappa shape index (κ3) is 3.45. The first-order valence-corrected chi connectivity index (χ1v) is 9.17. The molecule has 27 heavy (non-hydrogen) atoms. The van der Waals surface area contributed by atoms with E-state index in [-0.39, 0.29) is 11.9 Å². The van der Waals surface area contributed by atoms with E-state index >= 15 is 0 Å². The lowest BCUT2D eigenvalue weighted by atomic mass is 10.1. The molecular weight excluding hydrogens is 338 g/mol. The number of hydrogen-bond donors (Lipinski definition) is 0. The number of ether oxygens (including phenoxy) is 1. The van der Waals surface area contributed by atoms with E-state index in [9.17, 15) is 4.79 Å². The van der Waals surface area contributed by atoms with Crippen molar-refractivity contribution in [3.8, 4) is 5.75 Å². The first-order chi connectivity index (χ1) is 13.1. The Hall–Kier alpha value is -3.08. The molecule has 1 aliphatic rings. The number of carbonyl (C=O) groups excluding carboxylic acids is 1. The molecule has 1 aromatic heterocycles. The van der Waals surface area contributed by atoms with E-state index in [1.54, 1.807) is 6.20 Å². The van der Waals surface area contributed by atoms with Crippen molar-refractivity contribution in [2.75, 3.05) is 7.05 Å². The van der Waals surface area contributed by atoms with Crippen LogP contribution in [0.2, 0.25) is 0 Å². The summed E-state index contributed by atoms with van der Waals surface area (Å²) < 4.78 is 7.69. The molecule has 138 valence electrons. The van der Waals surface area contributed by atoms with E-state index in [1.807, 2.05) is 60.1 Å². The van der Waals surface area contributed by atoms with Gasteiger partial charge in [-0.1, -0.05) is 24.3 Å². The lowest BCUT2D eigenvalue weighted by molar-refractivity contribution is 0.0730. The number of nitrogens with zero attached hydrogens (tertiary/aromatic N) is 3. The van der Waals surface area contributed by atoms with Crippen molar-refractivity contribution in [2.45, 2.75) is 25.5 Å². The van der Waals surface area contributed by atoms with Crippen LogP contribution in [0.5, 0.6) is 5.75 Å². The van der Waals surface area contributed by atoms with E-state index in [0.29, 0.717) is 12.2 Å². The molecule has 1 atom stereocenters. The fourth-order valence-corrected chi connectivity index (χ4v) is 3.66. The van der Waals surface area contributed by atoms with Gasteiger partial charge in [-0.05, 0) is 48.2 Å². The van der Waals surface area contributed by atoms with Gasteiger partial charge in [0.25, 0.3) is 5.91 Å². The fraction of sp³-hybridized carbons (Fsp3) is 0.273. The molecule has 0 saturated heterocycles. The Labute approximate surface area is 159 Å². The fourth-order valence-electron chi connectivity index (χ4n) is 3.66. The zero-order valence-electron chi connectivity index (χ0n) is 15.6. The van der Waals surface area contributed by atoms with E-state index in [0.717, 1.165) is 24.4 Å². The summed E-state index contributed by atoms with van der Waals surface area (Å²) in [6.07, 6.45) is 5.64. The Morgan fingerprint density at radius 1 is 1.22 bits per heavy atom. The number of imidazole rings is 1. The minimum atomic E-state index is 0.0346. The average Bonchev–Trinajstić information content (AvgIpc) is 3.31. The van der Waals surface area contributed by atoms with Gasteiger partial charge in [0.15, 0.2) is 0 Å². The van der Waals surface area contributed by atoms with Crippen LogP contribution in [0, 0.1) is 0 Å². The van der Waals surface area contributed by atoms with Gasteiger partial charge in [0, 0.05) is 32.1 Å². The highest BCUT2D eigenvalue weighted by Gasteiger charge is 2.28. The van der Waals surface area contributed by atoms with Crippen molar-refractivity contribution in [1.82, 2.24) is 14.5 Å². The van der Waals surface area contributed by atoms with Gasteiger partial charge in [0.05, 0.1) is 6.04 Å². The predicted octanol–water partition coefficient (Wildman–Crippen LogP) is 3.76. The van der Waals surface area contributed by atoms with Gasteiger partial charge in [0.1, 0.15) is 18.2 Å². The molecule has 0 saturated carbocycles. The van der Waals surface area contributed by atoms with Crippen molar-refractivity contribution >= 4 is 5.91 Å². The Balaban J connectivity index is 1.42. The number of benzene rings is 2. The second kappa shape index (κ2) is 7.27. The van der Waals surface area contributed by atoms with Gasteiger partial charge < -0.3 is 14.2 Å². The summed E-state index contributed by atoms with van der Waals surface area (Å²) in [6, 6.07) is 15.9. The average molecular weight is 361 g/mol. The van der Waals surface area contributed by atoms with Crippen molar-refractivity contribution in [2.24, 2.45) is 7.05 Å². The highest BCUT2D eigenvalue weighted by Crippen LogP contribution is 2.35. The number of amides is 1. The lowest BCUT2D eigenvalue weighted by Gasteiger charge is -2.25. The van der Waals surface area contributed by atoms with Crippen LogP contribution in [0.15, 0.2) is 60.9 Å². The van der Waals surface area contributed by atoms with Crippen LogP contribution in [0.1, 0.15) is 39.8 Å². The second-order valence-corrected chi connectivity index (χ2v) is 6.94. The molecule has 0 spiro atoms. The van der Waals surface area contributed by atoms with E-state index < -0.39 is 0 Å². The highest BCUT2D eigenvalue weighted by atomic mass is 16.5. The predicted molar refractivity (Wildman–Crippen MR) is 104 cm³/mol. The Morgan fingerprint density at radius 2 is 2.00 bits per heavy atom. The van der Waals surface area contributed by atoms with Crippen LogP contribution < -0.4 is 4.74 Å². The molecule has 5 nitrogen and oxygen atoms in total. The Bertz CT molecular complexity index is 946. The maximum atomic E-state index is 12.9. The van der Waals surface area contributed by atoms with Gasteiger partial charge in [-0.15, -0.1) is 0 Å². The monoisotopic (exact) mass is 361 g/mol. The molecule has 3 aromatic rings. The van der Waals surface area contributed by atoms with Gasteiger partial charge in [0.2, 0.25) is 0 Å². The van der Waals surface area contributed by atoms with Gasteiger partial charge >= 0.3 is 0 Å². The largest absolute Gasteiger partial charge is 0.486 e. The molecule has 0 N–H and O–H groups in total. The van der Waals surface area contributed by atoms with Crippen LogP contribution >= 0.6 is 0 Å². The summed E-state index contributed by atoms with van der Waals surface area (Å²) in [4.78, 5) is 19.0. The molecule has 4 rings (SSSR count). The summed E-state index contributed by atoms with van der Waals surface area (Å²) in [5.41, 5.74) is 3.29. The molecule has 0 radical (unpaired) electrons. The normalized spacial score (nSPS) is 15.4. The molecule has 0 aliphatic heterocycles. The topological polar surface area (TPSA) is 47.4 Å². The zero-order valence-corrected chi connectivity index (χ0v) is 15.6.